The van der Waals surface area contributed by atoms with Crippen LogP contribution < -0.4 is 0 Å². The normalized spacial score (nSPS) is 17.5. The van der Waals surface area contributed by atoms with E-state index in [0.717, 1.165) is 0 Å². The summed E-state index contributed by atoms with van der Waals surface area (Å²) < 4.78 is 3.79. The van der Waals surface area contributed by atoms with Crippen LogP contribution in [0.5, 0.6) is 0 Å². The van der Waals surface area contributed by atoms with E-state index in [1.54, 1.807) is 0 Å². The van der Waals surface area contributed by atoms with Gasteiger partial charge in [0.25, 0.3) is 0 Å². The SMILES string of the molecule is CN(C)P(C)(C)(O)N(C)C. The molecule has 0 rings (SSSR count). The predicted molar refractivity (Wildman–Crippen MR) is 48.4 cm³/mol. The molecule has 0 heterocycles. The van der Waals surface area contributed by atoms with Crippen LogP contribution in [0.1, 0.15) is 0 Å². The van der Waals surface area contributed by atoms with Gasteiger partial charge in [0.15, 0.2) is 0 Å². The fourth-order valence-electron chi connectivity index (χ4n) is 0.358. The minimum atomic E-state index is -2.65. The van der Waals surface area contributed by atoms with Gasteiger partial charge in [-0.25, -0.2) is 0 Å². The zero-order valence-corrected chi connectivity index (χ0v) is 8.68. The number of hydrogen-bond donors (Lipinski definition) is 1. The fourth-order valence-corrected chi connectivity index (χ4v) is 1.07. The third-order valence-electron chi connectivity index (χ3n) is 2.32. The second-order valence-electron chi connectivity index (χ2n) is 3.61. The molecule has 0 aliphatic heterocycles. The van der Waals surface area contributed by atoms with E-state index in [0.29, 0.717) is 0 Å². The van der Waals surface area contributed by atoms with Crippen LogP contribution >= 0.6 is 7.13 Å². The van der Waals surface area contributed by atoms with E-state index in [-0.39, 0.29) is 0 Å². The molecule has 0 saturated heterocycles. The minimum absolute atomic E-state index is 1.89. The van der Waals surface area contributed by atoms with E-state index in [9.17, 15) is 4.89 Å². The quantitative estimate of drug-likeness (QED) is 0.610. The molecule has 1 N–H and O–H groups in total. The first kappa shape index (κ1) is 10.3. The molecule has 0 unspecified atom stereocenters. The molecule has 0 bridgehead atoms. The van der Waals surface area contributed by atoms with Gasteiger partial charge in [-0.2, -0.15) is 0 Å². The van der Waals surface area contributed by atoms with Crippen molar-refractivity contribution in [2.24, 2.45) is 0 Å². The summed E-state index contributed by atoms with van der Waals surface area (Å²) in [5.74, 6) is 0. The Morgan fingerprint density at radius 2 is 1.10 bits per heavy atom. The zero-order chi connectivity index (χ0) is 8.60. The van der Waals surface area contributed by atoms with E-state index < -0.39 is 7.13 Å². The molecule has 0 atom stereocenters. The average Bonchev–Trinajstić information content (AvgIpc) is 1.63. The molecule has 0 aliphatic carbocycles. The summed E-state index contributed by atoms with van der Waals surface area (Å²) in [6.07, 6.45) is 0. The summed E-state index contributed by atoms with van der Waals surface area (Å²) in [5.41, 5.74) is 0. The van der Waals surface area contributed by atoms with Crippen LogP contribution in [0.3, 0.4) is 0 Å². The summed E-state index contributed by atoms with van der Waals surface area (Å²) in [4.78, 5) is 10.1. The molecule has 10 heavy (non-hydrogen) atoms. The molecule has 4 heteroatoms. The number of rotatable bonds is 2. The van der Waals surface area contributed by atoms with Gasteiger partial charge in [-0.05, 0) is 0 Å². The average molecular weight is 166 g/mol. The van der Waals surface area contributed by atoms with E-state index in [1.165, 1.54) is 0 Å². The van der Waals surface area contributed by atoms with Crippen molar-refractivity contribution < 1.29 is 4.89 Å². The van der Waals surface area contributed by atoms with Crippen molar-refractivity contribution in [3.8, 4) is 0 Å². The van der Waals surface area contributed by atoms with Crippen molar-refractivity contribution in [3.63, 3.8) is 0 Å². The van der Waals surface area contributed by atoms with Gasteiger partial charge in [0, 0.05) is 0 Å². The fraction of sp³-hybridized carbons (Fsp3) is 1.00. The Morgan fingerprint density at radius 1 is 0.900 bits per heavy atom. The van der Waals surface area contributed by atoms with Crippen LogP contribution in [0.2, 0.25) is 0 Å². The maximum atomic E-state index is 10.1. The molecule has 0 aromatic rings. The monoisotopic (exact) mass is 166 g/mol. The van der Waals surface area contributed by atoms with Gasteiger partial charge >= 0.3 is 62.9 Å². The van der Waals surface area contributed by atoms with Crippen LogP contribution in [0.25, 0.3) is 0 Å². The van der Waals surface area contributed by atoms with Crippen molar-refractivity contribution in [1.29, 1.82) is 0 Å². The number of nitrogens with zero attached hydrogens (tertiary/aromatic N) is 2. The molecule has 0 aliphatic rings. The predicted octanol–water partition coefficient (Wildman–Crippen LogP) is 0.660. The Kier molecular flexibility index (Phi) is 2.49. The molecule has 64 valence electrons. The second kappa shape index (κ2) is 2.42. The van der Waals surface area contributed by atoms with Crippen LogP contribution in [0.4, 0.5) is 0 Å². The first-order valence-corrected chi connectivity index (χ1v) is 6.27. The summed E-state index contributed by atoms with van der Waals surface area (Å²) in [7, 11) is 4.95. The third-order valence-corrected chi connectivity index (χ3v) is 6.95. The van der Waals surface area contributed by atoms with Crippen molar-refractivity contribution >= 4 is 7.13 Å². The van der Waals surface area contributed by atoms with E-state index in [4.69, 9.17) is 0 Å². The van der Waals surface area contributed by atoms with Gasteiger partial charge in [-0.3, -0.25) is 0 Å². The van der Waals surface area contributed by atoms with Crippen molar-refractivity contribution in [1.82, 2.24) is 9.34 Å². The zero-order valence-electron chi connectivity index (χ0n) is 7.79. The standard InChI is InChI=1S/C6H19N2OP/c1-7(2)10(5,6,9)8(3)4/h9H,1-6H3. The Bertz CT molecular complexity index is 113. The first-order chi connectivity index (χ1) is 4.17. The summed E-state index contributed by atoms with van der Waals surface area (Å²) in [6, 6.07) is 0. The van der Waals surface area contributed by atoms with Crippen LogP contribution in [-0.2, 0) is 0 Å². The van der Waals surface area contributed by atoms with Crippen molar-refractivity contribution in [2.75, 3.05) is 41.5 Å². The van der Waals surface area contributed by atoms with Gasteiger partial charge in [0.2, 0.25) is 0 Å². The summed E-state index contributed by atoms with van der Waals surface area (Å²) >= 11 is 0. The maximum absolute atomic E-state index is 10.1. The molecule has 0 aromatic carbocycles. The Hall–Kier alpha value is 0.310. The molecule has 0 fully saturated rings. The third kappa shape index (κ3) is 1.67. The van der Waals surface area contributed by atoms with Gasteiger partial charge in [-0.15, -0.1) is 0 Å². The molecule has 0 radical (unpaired) electrons. The molecule has 0 saturated carbocycles. The molecular weight excluding hydrogens is 147 g/mol. The van der Waals surface area contributed by atoms with E-state index in [2.05, 4.69) is 0 Å². The Morgan fingerprint density at radius 3 is 1.10 bits per heavy atom. The van der Waals surface area contributed by atoms with E-state index >= 15 is 0 Å². The first-order valence-electron chi connectivity index (χ1n) is 3.28. The van der Waals surface area contributed by atoms with Crippen molar-refractivity contribution in [2.45, 2.75) is 0 Å². The summed E-state index contributed by atoms with van der Waals surface area (Å²) in [6.45, 7) is 3.79. The second-order valence-corrected chi connectivity index (χ2v) is 9.04. The van der Waals surface area contributed by atoms with Crippen molar-refractivity contribution in [3.05, 3.63) is 0 Å². The molecule has 0 amide bonds. The Balaban J connectivity index is 4.59. The van der Waals surface area contributed by atoms with Gasteiger partial charge in [0.1, 0.15) is 0 Å². The molecular formula is C6H19N2OP. The number of hydrogen-bond acceptors (Lipinski definition) is 3. The van der Waals surface area contributed by atoms with Crippen LogP contribution in [0.15, 0.2) is 0 Å². The van der Waals surface area contributed by atoms with Crippen LogP contribution in [0, 0.1) is 0 Å². The van der Waals surface area contributed by atoms with Gasteiger partial charge < -0.3 is 0 Å². The van der Waals surface area contributed by atoms with Gasteiger partial charge in [0.05, 0.1) is 0 Å². The Labute approximate surface area is 63.7 Å². The molecule has 0 spiro atoms. The van der Waals surface area contributed by atoms with Gasteiger partial charge in [-0.1, -0.05) is 0 Å². The summed E-state index contributed by atoms with van der Waals surface area (Å²) in [5, 5.41) is 0. The van der Waals surface area contributed by atoms with E-state index in [1.807, 2.05) is 50.9 Å². The molecule has 0 aromatic heterocycles. The molecule has 3 nitrogen and oxygen atoms in total. The topological polar surface area (TPSA) is 26.7 Å². The van der Waals surface area contributed by atoms with Crippen LogP contribution in [-0.4, -0.2) is 55.8 Å².